The number of phenols is 2. The summed E-state index contributed by atoms with van der Waals surface area (Å²) >= 11 is 0. The fourth-order valence-electron chi connectivity index (χ4n) is 1.74. The zero-order chi connectivity index (χ0) is 14.5. The van der Waals surface area contributed by atoms with Gasteiger partial charge in [0.15, 0.2) is 5.78 Å². The molecule has 0 aliphatic rings. The number of carbonyl (C=O) groups is 1. The van der Waals surface area contributed by atoms with E-state index in [4.69, 9.17) is 9.84 Å². The Hall–Kier alpha value is -2.53. The molecule has 2 rings (SSSR count). The Labute approximate surface area is 115 Å². The smallest absolute Gasteiger partial charge is 0.196 e. The lowest BCUT2D eigenvalue weighted by Crippen LogP contribution is -2.08. The maximum Gasteiger partial charge on any atom is 0.196 e. The van der Waals surface area contributed by atoms with Crippen LogP contribution < -0.4 is 4.74 Å². The molecule has 0 spiro atoms. The molecule has 20 heavy (non-hydrogen) atoms. The number of hydrogen-bond acceptors (Lipinski definition) is 5. The molecule has 0 amide bonds. The number of hydrogen-bond donors (Lipinski definition) is 3. The van der Waals surface area contributed by atoms with Crippen LogP contribution in [-0.2, 0) is 0 Å². The molecule has 2 aromatic carbocycles. The van der Waals surface area contributed by atoms with Crippen molar-refractivity contribution in [2.45, 2.75) is 0 Å². The maximum atomic E-state index is 12.3. The number of benzene rings is 2. The molecule has 2 aromatic rings. The molecule has 5 heteroatoms. The van der Waals surface area contributed by atoms with E-state index in [0.29, 0.717) is 5.56 Å². The Morgan fingerprint density at radius 3 is 2.30 bits per heavy atom. The normalized spacial score (nSPS) is 10.2. The molecule has 0 unspecified atom stereocenters. The average Bonchev–Trinajstić information content (AvgIpc) is 2.45. The van der Waals surface area contributed by atoms with Crippen LogP contribution in [0.1, 0.15) is 15.9 Å². The Kier molecular flexibility index (Phi) is 4.22. The Bertz CT molecular complexity index is 604. The van der Waals surface area contributed by atoms with Gasteiger partial charge in [0.2, 0.25) is 0 Å². The molecule has 104 valence electrons. The summed E-state index contributed by atoms with van der Waals surface area (Å²) in [6.45, 7) is -0.165. The van der Waals surface area contributed by atoms with Gasteiger partial charge in [-0.05, 0) is 36.4 Å². The van der Waals surface area contributed by atoms with Gasteiger partial charge < -0.3 is 20.1 Å². The van der Waals surface area contributed by atoms with Gasteiger partial charge in [-0.2, -0.15) is 0 Å². The highest BCUT2D eigenvalue weighted by Gasteiger charge is 2.15. The van der Waals surface area contributed by atoms with Crippen LogP contribution in [0.4, 0.5) is 0 Å². The predicted molar refractivity (Wildman–Crippen MR) is 72.2 cm³/mol. The second kappa shape index (κ2) is 6.08. The van der Waals surface area contributed by atoms with Crippen molar-refractivity contribution in [3.05, 3.63) is 53.6 Å². The van der Waals surface area contributed by atoms with Crippen LogP contribution in [0.2, 0.25) is 0 Å². The third-order valence-corrected chi connectivity index (χ3v) is 2.69. The first kappa shape index (κ1) is 13.9. The number of ketones is 1. The van der Waals surface area contributed by atoms with Crippen LogP contribution >= 0.6 is 0 Å². The van der Waals surface area contributed by atoms with Crippen molar-refractivity contribution in [2.24, 2.45) is 0 Å². The summed E-state index contributed by atoms with van der Waals surface area (Å²) in [6, 6.07) is 10.0. The Balaban J connectivity index is 2.35. The fraction of sp³-hybridized carbons (Fsp3) is 0.133. The third-order valence-electron chi connectivity index (χ3n) is 2.69. The monoisotopic (exact) mass is 274 g/mol. The minimum Gasteiger partial charge on any atom is -0.508 e. The Morgan fingerprint density at radius 1 is 1.00 bits per heavy atom. The van der Waals surface area contributed by atoms with Crippen molar-refractivity contribution >= 4 is 5.78 Å². The minimum absolute atomic E-state index is 0.0271. The number of aliphatic hydroxyl groups excluding tert-OH is 1. The van der Waals surface area contributed by atoms with Crippen molar-refractivity contribution in [1.82, 2.24) is 0 Å². The highest BCUT2D eigenvalue weighted by atomic mass is 16.5. The predicted octanol–water partition coefficient (Wildman–Crippen LogP) is 1.70. The van der Waals surface area contributed by atoms with E-state index in [0.717, 1.165) is 0 Å². The number of aliphatic hydroxyl groups is 1. The van der Waals surface area contributed by atoms with Gasteiger partial charge in [0, 0.05) is 11.6 Å². The first-order chi connectivity index (χ1) is 9.61. The number of phenolic OH excluding ortho intramolecular Hbond substituents is 2. The van der Waals surface area contributed by atoms with Crippen LogP contribution in [0.15, 0.2) is 42.5 Å². The summed E-state index contributed by atoms with van der Waals surface area (Å²) in [6.07, 6.45) is 0. The molecule has 0 radical (unpaired) electrons. The van der Waals surface area contributed by atoms with Gasteiger partial charge in [0.25, 0.3) is 0 Å². The van der Waals surface area contributed by atoms with Gasteiger partial charge in [-0.1, -0.05) is 0 Å². The number of carbonyl (C=O) groups excluding carboxylic acids is 1. The lowest BCUT2D eigenvalue weighted by atomic mass is 10.0. The maximum absolute atomic E-state index is 12.3. The SMILES string of the molecule is O=C(c1ccc(O)cc1)c1ccc(O)cc1OCCO. The molecule has 0 aromatic heterocycles. The van der Waals surface area contributed by atoms with Crippen molar-refractivity contribution in [2.75, 3.05) is 13.2 Å². The van der Waals surface area contributed by atoms with Gasteiger partial charge in [0.1, 0.15) is 23.9 Å². The van der Waals surface area contributed by atoms with E-state index in [9.17, 15) is 15.0 Å². The van der Waals surface area contributed by atoms with Crippen LogP contribution in [0.25, 0.3) is 0 Å². The molecular weight excluding hydrogens is 260 g/mol. The van der Waals surface area contributed by atoms with E-state index >= 15 is 0 Å². The summed E-state index contributed by atoms with van der Waals surface area (Å²) in [4.78, 5) is 12.3. The van der Waals surface area contributed by atoms with E-state index in [1.807, 2.05) is 0 Å². The summed E-state index contributed by atoms with van der Waals surface area (Å²) in [5, 5.41) is 27.4. The molecule has 0 saturated carbocycles. The van der Waals surface area contributed by atoms with Gasteiger partial charge >= 0.3 is 0 Å². The molecule has 0 atom stereocenters. The van der Waals surface area contributed by atoms with Crippen molar-refractivity contribution < 1.29 is 24.9 Å². The van der Waals surface area contributed by atoms with Gasteiger partial charge in [-0.25, -0.2) is 0 Å². The van der Waals surface area contributed by atoms with Gasteiger partial charge in [-0.3, -0.25) is 4.79 Å². The highest BCUT2D eigenvalue weighted by molar-refractivity contribution is 6.10. The quantitative estimate of drug-likeness (QED) is 0.722. The van der Waals surface area contributed by atoms with Crippen molar-refractivity contribution in [3.8, 4) is 17.2 Å². The second-order valence-electron chi connectivity index (χ2n) is 4.13. The third kappa shape index (κ3) is 3.07. The molecule has 3 N–H and O–H groups in total. The summed E-state index contributed by atoms with van der Waals surface area (Å²) < 4.78 is 5.25. The molecule has 0 fully saturated rings. The largest absolute Gasteiger partial charge is 0.508 e. The molecule has 5 nitrogen and oxygen atoms in total. The fourth-order valence-corrected chi connectivity index (χ4v) is 1.74. The first-order valence-corrected chi connectivity index (χ1v) is 6.02. The van der Waals surface area contributed by atoms with E-state index < -0.39 is 0 Å². The van der Waals surface area contributed by atoms with Crippen LogP contribution in [-0.4, -0.2) is 34.3 Å². The standard InChI is InChI=1S/C15H14O5/c16-7-8-20-14-9-12(18)5-6-13(14)15(19)10-1-3-11(17)4-2-10/h1-6,9,16-18H,7-8H2. The Morgan fingerprint density at radius 2 is 1.65 bits per heavy atom. The zero-order valence-electron chi connectivity index (χ0n) is 10.6. The lowest BCUT2D eigenvalue weighted by molar-refractivity contribution is 0.103. The van der Waals surface area contributed by atoms with Crippen LogP contribution in [0.3, 0.4) is 0 Å². The highest BCUT2D eigenvalue weighted by Crippen LogP contribution is 2.26. The summed E-state index contributed by atoms with van der Waals surface area (Å²) in [5.41, 5.74) is 0.671. The van der Waals surface area contributed by atoms with Gasteiger partial charge in [-0.15, -0.1) is 0 Å². The zero-order valence-corrected chi connectivity index (χ0v) is 10.6. The summed E-state index contributed by atoms with van der Waals surface area (Å²) in [7, 11) is 0. The second-order valence-corrected chi connectivity index (χ2v) is 4.13. The molecular formula is C15H14O5. The van der Waals surface area contributed by atoms with E-state index in [2.05, 4.69) is 0 Å². The van der Waals surface area contributed by atoms with Crippen molar-refractivity contribution in [3.63, 3.8) is 0 Å². The summed E-state index contributed by atoms with van der Waals surface area (Å²) in [5.74, 6) is -0.0423. The van der Waals surface area contributed by atoms with E-state index in [1.165, 1.54) is 42.5 Å². The average molecular weight is 274 g/mol. The van der Waals surface area contributed by atoms with Crippen LogP contribution in [0, 0.1) is 0 Å². The topological polar surface area (TPSA) is 87.0 Å². The number of aromatic hydroxyl groups is 2. The van der Waals surface area contributed by atoms with Gasteiger partial charge in [0.05, 0.1) is 12.2 Å². The molecule has 0 aliphatic carbocycles. The van der Waals surface area contributed by atoms with Crippen LogP contribution in [0.5, 0.6) is 17.2 Å². The molecule has 0 bridgehead atoms. The van der Waals surface area contributed by atoms with E-state index in [1.54, 1.807) is 0 Å². The molecule has 0 saturated heterocycles. The number of ether oxygens (including phenoxy) is 1. The number of rotatable bonds is 5. The first-order valence-electron chi connectivity index (χ1n) is 6.02. The van der Waals surface area contributed by atoms with E-state index in [-0.39, 0.29) is 41.8 Å². The minimum atomic E-state index is -0.294. The molecule has 0 heterocycles. The van der Waals surface area contributed by atoms with Crippen molar-refractivity contribution in [1.29, 1.82) is 0 Å². The molecule has 0 aliphatic heterocycles. The lowest BCUT2D eigenvalue weighted by Gasteiger charge is -2.10.